The zero-order chi connectivity index (χ0) is 19.1. The fourth-order valence-corrected chi connectivity index (χ4v) is 3.24. The zero-order valence-corrected chi connectivity index (χ0v) is 15.0. The Kier molecular flexibility index (Phi) is 5.82. The van der Waals surface area contributed by atoms with Crippen LogP contribution in [0.3, 0.4) is 0 Å². The molecule has 0 atom stereocenters. The number of hydrogen-bond donors (Lipinski definition) is 1. The Morgan fingerprint density at radius 2 is 1.96 bits per heavy atom. The van der Waals surface area contributed by atoms with Gasteiger partial charge in [0.1, 0.15) is 5.54 Å². The summed E-state index contributed by atoms with van der Waals surface area (Å²) in [6.45, 7) is -0.405. The second-order valence-electron chi connectivity index (χ2n) is 6.67. The maximum Gasteiger partial charge on any atom is 0.331 e. The molecule has 0 saturated heterocycles. The topological polar surface area (TPSA) is 92.1 Å². The maximum atomic E-state index is 12.0. The number of carbonyl (C=O) groups excluding carboxylic acids is 2. The highest BCUT2D eigenvalue weighted by atomic mass is 16.5. The number of amides is 1. The van der Waals surface area contributed by atoms with E-state index < -0.39 is 24.0 Å². The Hall–Kier alpha value is -3.20. The van der Waals surface area contributed by atoms with Gasteiger partial charge in [-0.25, -0.2) is 9.78 Å². The molecule has 1 aromatic carbocycles. The van der Waals surface area contributed by atoms with Gasteiger partial charge in [-0.2, -0.15) is 5.26 Å². The van der Waals surface area contributed by atoms with E-state index in [9.17, 15) is 14.9 Å². The monoisotopic (exact) mass is 363 g/mol. The van der Waals surface area contributed by atoms with Gasteiger partial charge in [-0.3, -0.25) is 4.79 Å². The van der Waals surface area contributed by atoms with E-state index in [1.807, 2.05) is 30.3 Å². The minimum absolute atomic E-state index is 0.405. The molecule has 2 aromatic rings. The van der Waals surface area contributed by atoms with Crippen molar-refractivity contribution in [3.63, 3.8) is 0 Å². The van der Waals surface area contributed by atoms with Crippen molar-refractivity contribution in [1.82, 2.24) is 10.3 Å². The first-order valence-electron chi connectivity index (χ1n) is 9.03. The highest BCUT2D eigenvalue weighted by Crippen LogP contribution is 2.27. The van der Waals surface area contributed by atoms with Crippen LogP contribution in [0, 0.1) is 11.3 Å². The summed E-state index contributed by atoms with van der Waals surface area (Å²) in [5.41, 5.74) is 0.634. The number of nitrogens with one attached hydrogen (secondary N) is 1. The normalized spacial score (nSPS) is 16.0. The molecule has 1 fully saturated rings. The number of nitriles is 1. The van der Waals surface area contributed by atoms with Crippen molar-refractivity contribution < 1.29 is 14.3 Å². The Labute approximate surface area is 157 Å². The van der Waals surface area contributed by atoms with E-state index in [4.69, 9.17) is 4.74 Å². The van der Waals surface area contributed by atoms with E-state index in [0.717, 1.165) is 30.2 Å². The summed E-state index contributed by atoms with van der Waals surface area (Å²) >= 11 is 0. The number of aromatic nitrogens is 1. The second-order valence-corrected chi connectivity index (χ2v) is 6.67. The van der Waals surface area contributed by atoms with Gasteiger partial charge in [0.2, 0.25) is 0 Å². The maximum absolute atomic E-state index is 12.0. The number of rotatable bonds is 5. The molecule has 3 rings (SSSR count). The van der Waals surface area contributed by atoms with Gasteiger partial charge >= 0.3 is 5.97 Å². The molecule has 138 valence electrons. The molecule has 1 amide bonds. The lowest BCUT2D eigenvalue weighted by Gasteiger charge is -2.31. The van der Waals surface area contributed by atoms with Crippen LogP contribution in [0.4, 0.5) is 0 Å². The van der Waals surface area contributed by atoms with Crippen LogP contribution in [-0.4, -0.2) is 29.0 Å². The first kappa shape index (κ1) is 18.6. The zero-order valence-electron chi connectivity index (χ0n) is 15.0. The predicted molar refractivity (Wildman–Crippen MR) is 101 cm³/mol. The van der Waals surface area contributed by atoms with Crippen LogP contribution in [0.5, 0.6) is 0 Å². The minimum atomic E-state index is -0.827. The third kappa shape index (κ3) is 4.91. The molecule has 6 heteroatoms. The van der Waals surface area contributed by atoms with Gasteiger partial charge in [0.15, 0.2) is 6.61 Å². The number of esters is 1. The predicted octanol–water partition coefficient (Wildman–Crippen LogP) is 3.13. The average molecular weight is 363 g/mol. The summed E-state index contributed by atoms with van der Waals surface area (Å²) in [6, 6.07) is 13.6. The molecular formula is C21H21N3O3. The van der Waals surface area contributed by atoms with E-state index in [1.54, 1.807) is 12.1 Å². The van der Waals surface area contributed by atoms with Crippen molar-refractivity contribution in [2.24, 2.45) is 0 Å². The Bertz CT molecular complexity index is 908. The third-order valence-corrected chi connectivity index (χ3v) is 4.66. The number of ether oxygens (including phenoxy) is 1. The third-order valence-electron chi connectivity index (χ3n) is 4.66. The van der Waals surface area contributed by atoms with Crippen LogP contribution in [0.15, 0.2) is 42.5 Å². The number of para-hydroxylation sites is 1. The largest absolute Gasteiger partial charge is 0.452 e. The van der Waals surface area contributed by atoms with Crippen LogP contribution >= 0.6 is 0 Å². The number of fused-ring (bicyclic) bond motifs is 1. The van der Waals surface area contributed by atoms with E-state index in [2.05, 4.69) is 16.4 Å². The summed E-state index contributed by atoms with van der Waals surface area (Å²) in [7, 11) is 0. The molecule has 0 bridgehead atoms. The molecule has 1 N–H and O–H groups in total. The minimum Gasteiger partial charge on any atom is -0.452 e. The van der Waals surface area contributed by atoms with E-state index >= 15 is 0 Å². The summed E-state index contributed by atoms with van der Waals surface area (Å²) in [5.74, 6) is -1.08. The summed E-state index contributed by atoms with van der Waals surface area (Å²) in [4.78, 5) is 28.3. The summed E-state index contributed by atoms with van der Waals surface area (Å²) in [5, 5.41) is 13.1. The highest BCUT2D eigenvalue weighted by molar-refractivity contribution is 5.89. The first-order chi connectivity index (χ1) is 13.1. The Morgan fingerprint density at radius 1 is 1.19 bits per heavy atom. The molecule has 1 aliphatic rings. The van der Waals surface area contributed by atoms with Gasteiger partial charge < -0.3 is 10.1 Å². The second kappa shape index (κ2) is 8.45. The average Bonchev–Trinajstić information content (AvgIpc) is 2.71. The van der Waals surface area contributed by atoms with Crippen molar-refractivity contribution in [1.29, 1.82) is 5.26 Å². The van der Waals surface area contributed by atoms with Crippen molar-refractivity contribution in [2.75, 3.05) is 6.61 Å². The molecule has 0 spiro atoms. The van der Waals surface area contributed by atoms with Gasteiger partial charge in [-0.1, -0.05) is 43.5 Å². The van der Waals surface area contributed by atoms with Crippen molar-refractivity contribution in [3.05, 3.63) is 48.2 Å². The quantitative estimate of drug-likeness (QED) is 0.651. The molecule has 0 aliphatic heterocycles. The Balaban J connectivity index is 1.51. The van der Waals surface area contributed by atoms with Gasteiger partial charge in [0, 0.05) is 11.5 Å². The van der Waals surface area contributed by atoms with E-state index in [0.29, 0.717) is 18.5 Å². The lowest BCUT2D eigenvalue weighted by molar-refractivity contribution is -0.144. The van der Waals surface area contributed by atoms with Crippen LogP contribution < -0.4 is 5.32 Å². The van der Waals surface area contributed by atoms with Crippen molar-refractivity contribution in [2.45, 2.75) is 37.6 Å². The molecule has 27 heavy (non-hydrogen) atoms. The summed E-state index contributed by atoms with van der Waals surface area (Å²) < 4.78 is 4.97. The molecular weight excluding hydrogens is 342 g/mol. The lowest BCUT2D eigenvalue weighted by Crippen LogP contribution is -2.49. The molecule has 0 radical (unpaired) electrons. The highest BCUT2D eigenvalue weighted by Gasteiger charge is 2.33. The van der Waals surface area contributed by atoms with Crippen LogP contribution in [0.1, 0.15) is 37.8 Å². The number of hydrogen-bond acceptors (Lipinski definition) is 5. The van der Waals surface area contributed by atoms with Gasteiger partial charge in [0.25, 0.3) is 5.91 Å². The van der Waals surface area contributed by atoms with Gasteiger partial charge in [-0.05, 0) is 31.1 Å². The Morgan fingerprint density at radius 3 is 2.74 bits per heavy atom. The van der Waals surface area contributed by atoms with Crippen molar-refractivity contribution in [3.8, 4) is 6.07 Å². The number of pyridine rings is 1. The van der Waals surface area contributed by atoms with Gasteiger partial charge in [-0.15, -0.1) is 0 Å². The number of carbonyl (C=O) groups is 2. The summed E-state index contributed by atoms with van der Waals surface area (Å²) in [6.07, 6.45) is 6.95. The smallest absolute Gasteiger partial charge is 0.331 e. The van der Waals surface area contributed by atoms with Gasteiger partial charge in [0.05, 0.1) is 17.3 Å². The first-order valence-corrected chi connectivity index (χ1v) is 9.03. The molecule has 1 heterocycles. The van der Waals surface area contributed by atoms with Crippen molar-refractivity contribution >= 4 is 28.9 Å². The lowest BCUT2D eigenvalue weighted by atomic mass is 9.83. The molecule has 1 aromatic heterocycles. The van der Waals surface area contributed by atoms with Crippen LogP contribution in [0.2, 0.25) is 0 Å². The molecule has 6 nitrogen and oxygen atoms in total. The fourth-order valence-electron chi connectivity index (χ4n) is 3.24. The number of benzene rings is 1. The SMILES string of the molecule is N#CC1(NC(=O)COC(=O)/C=C/c2ccc3ccccc3n2)CCCCC1. The molecule has 0 unspecified atom stereocenters. The standard InChI is InChI=1S/C21H21N3O3/c22-15-21(12-4-1-5-13-21)24-19(25)14-27-20(26)11-10-17-9-8-16-6-2-3-7-18(16)23-17/h2-3,6-11H,1,4-5,12-14H2,(H,24,25)/b11-10+. The van der Waals surface area contributed by atoms with Crippen LogP contribution in [-0.2, 0) is 14.3 Å². The van der Waals surface area contributed by atoms with Crippen LogP contribution in [0.25, 0.3) is 17.0 Å². The molecule has 1 saturated carbocycles. The van der Waals surface area contributed by atoms with E-state index in [-0.39, 0.29) is 0 Å². The van der Waals surface area contributed by atoms with E-state index in [1.165, 1.54) is 6.08 Å². The number of nitrogens with zero attached hydrogens (tertiary/aromatic N) is 2. The molecule has 1 aliphatic carbocycles. The fraction of sp³-hybridized carbons (Fsp3) is 0.333.